The maximum absolute atomic E-state index is 13.2. The van der Waals surface area contributed by atoms with Gasteiger partial charge in [0, 0.05) is 23.5 Å². The van der Waals surface area contributed by atoms with Crippen LogP contribution in [-0.2, 0) is 6.18 Å². The molecule has 2 aromatic carbocycles. The molecule has 0 amide bonds. The molecule has 1 aromatic heterocycles. The molecule has 0 radical (unpaired) electrons. The predicted molar refractivity (Wildman–Crippen MR) is 95.5 cm³/mol. The van der Waals surface area contributed by atoms with Crippen LogP contribution in [0.5, 0.6) is 5.88 Å². The highest BCUT2D eigenvalue weighted by Gasteiger charge is 2.34. The minimum atomic E-state index is -4.76. The highest BCUT2D eigenvalue weighted by Crippen LogP contribution is 2.38. The number of aromatic nitrogens is 2. The average Bonchev–Trinajstić information content (AvgIpc) is 2.95. The lowest BCUT2D eigenvalue weighted by atomic mass is 10.1. The van der Waals surface area contributed by atoms with Crippen molar-refractivity contribution >= 4 is 23.6 Å². The Morgan fingerprint density at radius 1 is 1.14 bits per heavy atom. The van der Waals surface area contributed by atoms with Gasteiger partial charge in [0.1, 0.15) is 0 Å². The third-order valence-electron chi connectivity index (χ3n) is 3.87. The van der Waals surface area contributed by atoms with Crippen molar-refractivity contribution in [2.45, 2.75) is 6.18 Å². The van der Waals surface area contributed by atoms with Crippen LogP contribution in [0.3, 0.4) is 0 Å². The number of nitro groups is 1. The van der Waals surface area contributed by atoms with E-state index in [2.05, 4.69) is 4.85 Å². The molecule has 7 nitrogen and oxygen atoms in total. The van der Waals surface area contributed by atoms with E-state index in [1.165, 1.54) is 41.1 Å². The van der Waals surface area contributed by atoms with E-state index < -0.39 is 28.2 Å². The summed E-state index contributed by atoms with van der Waals surface area (Å²) >= 11 is 5.25. The Labute approximate surface area is 160 Å². The van der Waals surface area contributed by atoms with Crippen molar-refractivity contribution in [1.82, 2.24) is 9.13 Å². The zero-order valence-corrected chi connectivity index (χ0v) is 14.5. The number of halogens is 3. The van der Waals surface area contributed by atoms with E-state index in [9.17, 15) is 28.4 Å². The van der Waals surface area contributed by atoms with Gasteiger partial charge in [-0.3, -0.25) is 19.2 Å². The molecule has 1 heterocycles. The first kappa shape index (κ1) is 19.1. The van der Waals surface area contributed by atoms with Gasteiger partial charge in [0.05, 0.1) is 23.3 Å². The van der Waals surface area contributed by atoms with Crippen LogP contribution in [0.15, 0.2) is 48.7 Å². The first-order valence-corrected chi connectivity index (χ1v) is 7.91. The number of hydrogen-bond donors (Lipinski definition) is 1. The molecule has 0 aliphatic heterocycles. The summed E-state index contributed by atoms with van der Waals surface area (Å²) < 4.78 is 41.8. The van der Waals surface area contributed by atoms with E-state index in [1.807, 2.05) is 0 Å². The van der Waals surface area contributed by atoms with Crippen LogP contribution >= 0.6 is 12.2 Å². The Bertz CT molecular complexity index is 1170. The second kappa shape index (κ2) is 6.82. The van der Waals surface area contributed by atoms with Crippen molar-refractivity contribution in [2.75, 3.05) is 0 Å². The Kier molecular flexibility index (Phi) is 4.66. The van der Waals surface area contributed by atoms with Crippen molar-refractivity contribution in [3.63, 3.8) is 0 Å². The Morgan fingerprint density at radius 2 is 1.75 bits per heavy atom. The number of nitro benzene ring substituents is 1. The fraction of sp³-hybridized carbons (Fsp3) is 0.0588. The number of hydrogen-bond acceptors (Lipinski definition) is 4. The topological polar surface area (TPSA) is 77.6 Å². The lowest BCUT2D eigenvalue weighted by Crippen LogP contribution is -2.07. The maximum Gasteiger partial charge on any atom is 0.407 e. The van der Waals surface area contributed by atoms with Gasteiger partial charge in [0.25, 0.3) is 5.69 Å². The van der Waals surface area contributed by atoms with Gasteiger partial charge in [-0.15, -0.1) is 0 Å². The zero-order valence-electron chi connectivity index (χ0n) is 13.7. The molecule has 0 saturated heterocycles. The number of aromatic hydroxyl groups is 1. The minimum absolute atomic E-state index is 0.0601. The molecule has 0 unspecified atom stereocenters. The maximum atomic E-state index is 13.2. The zero-order chi connectivity index (χ0) is 20.6. The van der Waals surface area contributed by atoms with Gasteiger partial charge in [-0.1, -0.05) is 6.07 Å². The molecule has 0 saturated carbocycles. The lowest BCUT2D eigenvalue weighted by Gasteiger charge is -2.12. The van der Waals surface area contributed by atoms with Gasteiger partial charge in [0.2, 0.25) is 5.88 Å². The first-order chi connectivity index (χ1) is 13.1. The fourth-order valence-corrected chi connectivity index (χ4v) is 2.94. The molecule has 0 aliphatic carbocycles. The molecule has 3 aromatic rings. The Morgan fingerprint density at radius 3 is 2.29 bits per heavy atom. The van der Waals surface area contributed by atoms with Crippen LogP contribution in [0.1, 0.15) is 5.56 Å². The van der Waals surface area contributed by atoms with Crippen LogP contribution < -0.4 is 0 Å². The predicted octanol–water partition coefficient (Wildman–Crippen LogP) is 5.18. The van der Waals surface area contributed by atoms with Gasteiger partial charge in [-0.25, -0.2) is 4.85 Å². The van der Waals surface area contributed by atoms with E-state index in [1.54, 1.807) is 0 Å². The standard InChI is InChI=1S/C17H9F3N4O3S/c1-21-14-7-6-12(8-13(14)17(18,19)20)23-15(25)9-22(16(23)28)10-2-4-11(5-3-10)24(26)27/h2-9,25H. The third-order valence-corrected chi connectivity index (χ3v) is 4.25. The molecule has 1 N–H and O–H groups in total. The third kappa shape index (κ3) is 3.33. The lowest BCUT2D eigenvalue weighted by molar-refractivity contribution is -0.384. The monoisotopic (exact) mass is 406 g/mol. The van der Waals surface area contributed by atoms with E-state index in [4.69, 9.17) is 18.8 Å². The van der Waals surface area contributed by atoms with Gasteiger partial charge < -0.3 is 5.11 Å². The van der Waals surface area contributed by atoms with Crippen molar-refractivity contribution in [3.05, 3.63) is 80.5 Å². The van der Waals surface area contributed by atoms with Gasteiger partial charge in [-0.2, -0.15) is 13.2 Å². The van der Waals surface area contributed by atoms with Gasteiger partial charge in [0.15, 0.2) is 10.5 Å². The summed E-state index contributed by atoms with van der Waals surface area (Å²) in [6.45, 7) is 6.88. The summed E-state index contributed by atoms with van der Waals surface area (Å²) in [4.78, 5) is 13.0. The fourth-order valence-electron chi connectivity index (χ4n) is 2.58. The summed E-state index contributed by atoms with van der Waals surface area (Å²) in [6, 6.07) is 8.20. The average molecular weight is 406 g/mol. The van der Waals surface area contributed by atoms with Gasteiger partial charge in [-0.05, 0) is 36.5 Å². The largest absolute Gasteiger partial charge is 0.493 e. The normalized spacial score (nSPS) is 11.2. The van der Waals surface area contributed by atoms with Crippen molar-refractivity contribution in [3.8, 4) is 17.3 Å². The number of imidazole rings is 1. The molecule has 3 rings (SSSR count). The van der Waals surface area contributed by atoms with Gasteiger partial charge >= 0.3 is 6.18 Å². The number of non-ortho nitro benzene ring substituents is 1. The highest BCUT2D eigenvalue weighted by molar-refractivity contribution is 7.71. The van der Waals surface area contributed by atoms with Crippen LogP contribution in [0.25, 0.3) is 16.2 Å². The van der Waals surface area contributed by atoms with Crippen LogP contribution in [0.4, 0.5) is 24.5 Å². The number of benzene rings is 2. The minimum Gasteiger partial charge on any atom is -0.493 e. The number of alkyl halides is 3. The second-order valence-corrected chi connectivity index (χ2v) is 5.92. The molecule has 11 heteroatoms. The summed E-state index contributed by atoms with van der Waals surface area (Å²) in [5.41, 5.74) is -1.58. The first-order valence-electron chi connectivity index (χ1n) is 7.50. The van der Waals surface area contributed by atoms with Crippen LogP contribution in [0, 0.1) is 21.5 Å². The quantitative estimate of drug-likeness (QED) is 0.281. The SMILES string of the molecule is [C-]#[N+]c1ccc(-n2c(O)cn(-c3ccc([N+](=O)[O-])cc3)c2=S)cc1C(F)(F)F. The molecule has 0 spiro atoms. The smallest absolute Gasteiger partial charge is 0.407 e. The van der Waals surface area contributed by atoms with E-state index in [0.717, 1.165) is 16.7 Å². The number of nitrogens with zero attached hydrogens (tertiary/aromatic N) is 4. The van der Waals surface area contributed by atoms with E-state index in [0.29, 0.717) is 5.69 Å². The summed E-state index contributed by atoms with van der Waals surface area (Å²) in [5, 5.41) is 21.0. The molecule has 0 atom stereocenters. The van der Waals surface area contributed by atoms with Crippen molar-refractivity contribution in [1.29, 1.82) is 0 Å². The van der Waals surface area contributed by atoms with Crippen LogP contribution in [-0.4, -0.2) is 19.2 Å². The summed E-state index contributed by atoms with van der Waals surface area (Å²) in [7, 11) is 0. The van der Waals surface area contributed by atoms with Crippen molar-refractivity contribution < 1.29 is 23.2 Å². The molecule has 0 fully saturated rings. The molecule has 0 aliphatic rings. The second-order valence-electron chi connectivity index (χ2n) is 5.56. The van der Waals surface area contributed by atoms with Crippen molar-refractivity contribution in [2.24, 2.45) is 0 Å². The number of rotatable bonds is 3. The molecular formula is C17H9F3N4O3S. The van der Waals surface area contributed by atoms with Crippen LogP contribution in [0.2, 0.25) is 0 Å². The Balaban J connectivity index is 2.14. The summed E-state index contributed by atoms with van der Waals surface area (Å²) in [5.74, 6) is -0.438. The van der Waals surface area contributed by atoms with E-state index in [-0.39, 0.29) is 16.1 Å². The molecular weight excluding hydrogens is 397 g/mol. The summed E-state index contributed by atoms with van der Waals surface area (Å²) in [6.07, 6.45) is -3.58. The Hall–Kier alpha value is -3.65. The molecule has 142 valence electrons. The molecule has 28 heavy (non-hydrogen) atoms. The highest BCUT2D eigenvalue weighted by atomic mass is 32.1. The van der Waals surface area contributed by atoms with E-state index >= 15 is 0 Å². The molecule has 0 bridgehead atoms.